The fourth-order valence-electron chi connectivity index (χ4n) is 2.88. The van der Waals surface area contributed by atoms with Crippen LogP contribution in [0, 0.1) is 19.3 Å². The fraction of sp³-hybridized carbons (Fsp3) is 0.467. The zero-order chi connectivity index (χ0) is 16.9. The van der Waals surface area contributed by atoms with E-state index in [1.54, 1.807) is 6.92 Å². The molecule has 0 aliphatic carbocycles. The molecule has 3 rings (SSSR count). The number of aliphatic hydroxyl groups is 3. The molecule has 1 saturated heterocycles. The third kappa shape index (κ3) is 2.17. The molecule has 0 bridgehead atoms. The van der Waals surface area contributed by atoms with E-state index >= 15 is 0 Å². The van der Waals surface area contributed by atoms with E-state index in [4.69, 9.17) is 11.2 Å². The van der Waals surface area contributed by atoms with Crippen molar-refractivity contribution in [1.82, 2.24) is 14.5 Å². The van der Waals surface area contributed by atoms with Crippen LogP contribution >= 0.6 is 0 Å². The van der Waals surface area contributed by atoms with Crippen LogP contribution in [0.3, 0.4) is 0 Å². The maximum Gasteiger partial charge on any atom is 0.260 e. The number of hydrogen-bond donors (Lipinski definition) is 4. The number of rotatable bonds is 2. The van der Waals surface area contributed by atoms with Gasteiger partial charge in [-0.15, -0.1) is 6.42 Å². The van der Waals surface area contributed by atoms with Crippen molar-refractivity contribution in [2.75, 3.05) is 0 Å². The number of ether oxygens (including phenoxy) is 1. The van der Waals surface area contributed by atoms with Gasteiger partial charge >= 0.3 is 0 Å². The Morgan fingerprint density at radius 2 is 2.30 bits per heavy atom. The second-order valence-electron chi connectivity index (χ2n) is 5.72. The summed E-state index contributed by atoms with van der Waals surface area (Å²) in [5, 5.41) is 30.9. The monoisotopic (exact) mass is 319 g/mol. The van der Waals surface area contributed by atoms with Crippen LogP contribution in [0.25, 0.3) is 11.0 Å². The quantitative estimate of drug-likeness (QED) is 0.529. The summed E-state index contributed by atoms with van der Waals surface area (Å²) in [6.45, 7) is 3.04. The zero-order valence-electron chi connectivity index (χ0n) is 12.6. The minimum atomic E-state index is -2.06. The van der Waals surface area contributed by atoms with Gasteiger partial charge < -0.3 is 29.6 Å². The summed E-state index contributed by atoms with van der Waals surface area (Å²) in [5.41, 5.74) is -2.13. The maximum atomic E-state index is 12.0. The van der Waals surface area contributed by atoms with Crippen molar-refractivity contribution in [3.8, 4) is 12.3 Å². The molecule has 0 aromatic carbocycles. The molecule has 1 aliphatic heterocycles. The van der Waals surface area contributed by atoms with Crippen molar-refractivity contribution in [2.45, 2.75) is 44.0 Å². The third-order valence-corrected chi connectivity index (χ3v) is 4.08. The lowest BCUT2D eigenvalue weighted by atomic mass is 9.93. The molecular formula is C15H17N3O5. The second kappa shape index (κ2) is 5.18. The predicted octanol–water partition coefficient (Wildman–Crippen LogP) is -0.964. The average Bonchev–Trinajstić information content (AvgIpc) is 3.00. The second-order valence-corrected chi connectivity index (χ2v) is 5.72. The first-order chi connectivity index (χ1) is 10.8. The summed E-state index contributed by atoms with van der Waals surface area (Å²) in [6, 6.07) is 1.52. The highest BCUT2D eigenvalue weighted by atomic mass is 16.6. The summed E-state index contributed by atoms with van der Waals surface area (Å²) in [5.74, 6) is 2.53. The highest BCUT2D eigenvalue weighted by molar-refractivity contribution is 5.75. The molecule has 8 nitrogen and oxygen atoms in total. The van der Waals surface area contributed by atoms with Gasteiger partial charge in [0.2, 0.25) is 0 Å². The Kier molecular flexibility index (Phi) is 3.54. The van der Waals surface area contributed by atoms with E-state index in [1.165, 1.54) is 23.8 Å². The van der Waals surface area contributed by atoms with E-state index in [-0.39, 0.29) is 11.2 Å². The molecule has 1 aliphatic rings. The summed E-state index contributed by atoms with van der Waals surface area (Å²) >= 11 is 0. The number of nitrogens with zero attached hydrogens (tertiary/aromatic N) is 2. The van der Waals surface area contributed by atoms with Crippen LogP contribution < -0.4 is 5.56 Å². The number of aryl methyl sites for hydroxylation is 1. The van der Waals surface area contributed by atoms with Gasteiger partial charge in [-0.3, -0.25) is 4.79 Å². The average molecular weight is 319 g/mol. The number of nitrogens with one attached hydrogen (secondary N) is 1. The lowest BCUT2D eigenvalue weighted by Crippen LogP contribution is -2.47. The molecule has 4 N–H and O–H groups in total. The highest BCUT2D eigenvalue weighted by Crippen LogP contribution is 2.40. The van der Waals surface area contributed by atoms with Crippen LogP contribution in [0.2, 0.25) is 0 Å². The van der Waals surface area contributed by atoms with Crippen LogP contribution in [0.1, 0.15) is 19.0 Å². The topological polar surface area (TPSA) is 121 Å². The summed E-state index contributed by atoms with van der Waals surface area (Å²) in [4.78, 5) is 18.8. The molecule has 0 spiro atoms. The van der Waals surface area contributed by atoms with Gasteiger partial charge in [-0.1, -0.05) is 5.92 Å². The van der Waals surface area contributed by atoms with Gasteiger partial charge in [0, 0.05) is 6.20 Å². The highest BCUT2D eigenvalue weighted by Gasteiger charge is 2.57. The Bertz CT molecular complexity index is 849. The van der Waals surface area contributed by atoms with Crippen molar-refractivity contribution in [3.63, 3.8) is 0 Å². The standard InChI is InChI=1S/C15H17N3O5/c1-4-15(22)11(20)10(7(2)19)23-14(15)18-6-5-9-12(18)16-8(3)17-13(9)21/h1,5-7,10-11,14,19-20,22H,2-3H3,(H,16,17,21)/t7-,10-,11+,14-,15?/m1/s1. The molecule has 2 aromatic heterocycles. The number of hydrogen-bond acceptors (Lipinski definition) is 6. The zero-order valence-corrected chi connectivity index (χ0v) is 12.6. The van der Waals surface area contributed by atoms with Crippen LogP contribution in [-0.2, 0) is 4.74 Å². The van der Waals surface area contributed by atoms with E-state index in [9.17, 15) is 20.1 Å². The van der Waals surface area contributed by atoms with Crippen molar-refractivity contribution in [3.05, 3.63) is 28.4 Å². The first kappa shape index (κ1) is 15.7. The molecule has 23 heavy (non-hydrogen) atoms. The number of fused-ring (bicyclic) bond motifs is 1. The molecule has 5 atom stereocenters. The number of H-pyrrole nitrogens is 1. The van der Waals surface area contributed by atoms with Crippen LogP contribution in [0.4, 0.5) is 0 Å². The van der Waals surface area contributed by atoms with Gasteiger partial charge in [-0.25, -0.2) is 4.98 Å². The van der Waals surface area contributed by atoms with E-state index in [2.05, 4.69) is 15.9 Å². The molecular weight excluding hydrogens is 302 g/mol. The van der Waals surface area contributed by atoms with Gasteiger partial charge in [0.15, 0.2) is 11.8 Å². The molecule has 8 heteroatoms. The number of aliphatic hydroxyl groups excluding tert-OH is 2. The van der Waals surface area contributed by atoms with E-state index in [0.29, 0.717) is 11.2 Å². The van der Waals surface area contributed by atoms with Gasteiger partial charge in [0.05, 0.1) is 11.5 Å². The van der Waals surface area contributed by atoms with Crippen LogP contribution in [-0.4, -0.2) is 53.8 Å². The van der Waals surface area contributed by atoms with Gasteiger partial charge in [-0.2, -0.15) is 0 Å². The Balaban J connectivity index is 2.18. The first-order valence-corrected chi connectivity index (χ1v) is 7.08. The minimum Gasteiger partial charge on any atom is -0.391 e. The Labute approximate surface area is 131 Å². The molecule has 1 fully saturated rings. The van der Waals surface area contributed by atoms with Crippen LogP contribution in [0.15, 0.2) is 17.1 Å². The Morgan fingerprint density at radius 3 is 2.91 bits per heavy atom. The molecule has 3 heterocycles. The van der Waals surface area contributed by atoms with Gasteiger partial charge in [0.25, 0.3) is 5.56 Å². The smallest absolute Gasteiger partial charge is 0.260 e. The van der Waals surface area contributed by atoms with Crippen molar-refractivity contribution < 1.29 is 20.1 Å². The lowest BCUT2D eigenvalue weighted by molar-refractivity contribution is -0.0844. The van der Waals surface area contributed by atoms with Gasteiger partial charge in [-0.05, 0) is 19.9 Å². The lowest BCUT2D eigenvalue weighted by Gasteiger charge is -2.26. The number of terminal acetylenes is 1. The molecule has 0 saturated carbocycles. The fourth-order valence-corrected chi connectivity index (χ4v) is 2.88. The van der Waals surface area contributed by atoms with Crippen molar-refractivity contribution >= 4 is 11.0 Å². The van der Waals surface area contributed by atoms with Gasteiger partial charge in [0.1, 0.15) is 23.7 Å². The van der Waals surface area contributed by atoms with E-state index < -0.39 is 30.1 Å². The third-order valence-electron chi connectivity index (χ3n) is 4.08. The molecule has 122 valence electrons. The normalized spacial score (nSPS) is 32.1. The van der Waals surface area contributed by atoms with E-state index in [1.807, 2.05) is 0 Å². The maximum absolute atomic E-state index is 12.0. The Morgan fingerprint density at radius 1 is 1.61 bits per heavy atom. The van der Waals surface area contributed by atoms with Crippen LogP contribution in [0.5, 0.6) is 0 Å². The van der Waals surface area contributed by atoms with Crippen molar-refractivity contribution in [1.29, 1.82) is 0 Å². The summed E-state index contributed by atoms with van der Waals surface area (Å²) < 4.78 is 6.98. The molecule has 1 unspecified atom stereocenters. The summed E-state index contributed by atoms with van der Waals surface area (Å²) in [6.07, 6.45) is 2.11. The number of aromatic amines is 1. The minimum absolute atomic E-state index is 0.267. The summed E-state index contributed by atoms with van der Waals surface area (Å²) in [7, 11) is 0. The first-order valence-electron chi connectivity index (χ1n) is 7.08. The molecule has 2 aromatic rings. The molecule has 0 radical (unpaired) electrons. The Hall–Kier alpha value is -2.18. The largest absolute Gasteiger partial charge is 0.391 e. The molecule has 0 amide bonds. The predicted molar refractivity (Wildman–Crippen MR) is 80.5 cm³/mol. The van der Waals surface area contributed by atoms with E-state index in [0.717, 1.165) is 0 Å². The van der Waals surface area contributed by atoms with Crippen molar-refractivity contribution in [2.24, 2.45) is 0 Å². The SMILES string of the molecule is C#CC1(O)[C@@H](O)[C@@H]([C@@H](C)O)O[C@H]1n1ccc2c(=O)[nH]c(C)nc21. The number of aromatic nitrogens is 3.